The molecule has 0 radical (unpaired) electrons. The largest absolute Gasteiger partial charge is 0.467 e. The van der Waals surface area contributed by atoms with Crippen molar-refractivity contribution >= 4 is 17.2 Å². The maximum Gasteiger partial charge on any atom is 0.161 e. The molecule has 0 saturated carbocycles. The standard InChI is InChI=1S/C13H14N2O2/c1-9(16)12-7-10(4-5-13(12)14)15-8-11-3-2-6-17-11/h2-7,15H,8,14H2,1H3. The van der Waals surface area contributed by atoms with Gasteiger partial charge in [0.15, 0.2) is 5.78 Å². The summed E-state index contributed by atoms with van der Waals surface area (Å²) in [5, 5.41) is 3.17. The van der Waals surface area contributed by atoms with E-state index in [1.807, 2.05) is 18.2 Å². The van der Waals surface area contributed by atoms with Gasteiger partial charge < -0.3 is 15.5 Å². The lowest BCUT2D eigenvalue weighted by Gasteiger charge is -2.07. The summed E-state index contributed by atoms with van der Waals surface area (Å²) in [6, 6.07) is 9.03. The van der Waals surface area contributed by atoms with Gasteiger partial charge >= 0.3 is 0 Å². The van der Waals surface area contributed by atoms with Crippen LogP contribution in [0.4, 0.5) is 11.4 Å². The Morgan fingerprint density at radius 3 is 2.88 bits per heavy atom. The molecule has 0 fully saturated rings. The molecule has 4 heteroatoms. The van der Waals surface area contributed by atoms with Gasteiger partial charge in [-0.1, -0.05) is 0 Å². The van der Waals surface area contributed by atoms with E-state index in [1.165, 1.54) is 6.92 Å². The summed E-state index contributed by atoms with van der Waals surface area (Å²) >= 11 is 0. The molecule has 0 unspecified atom stereocenters. The third-order valence-electron chi connectivity index (χ3n) is 2.48. The topological polar surface area (TPSA) is 68.3 Å². The van der Waals surface area contributed by atoms with Gasteiger partial charge in [-0.05, 0) is 37.3 Å². The molecule has 0 amide bonds. The maximum atomic E-state index is 11.3. The van der Waals surface area contributed by atoms with Gasteiger partial charge in [0.25, 0.3) is 0 Å². The van der Waals surface area contributed by atoms with Crippen LogP contribution in [-0.2, 0) is 6.54 Å². The van der Waals surface area contributed by atoms with E-state index in [4.69, 9.17) is 10.2 Å². The number of carbonyl (C=O) groups excluding carboxylic acids is 1. The van der Waals surface area contributed by atoms with Crippen molar-refractivity contribution in [1.29, 1.82) is 0 Å². The van der Waals surface area contributed by atoms with Crippen LogP contribution in [0.1, 0.15) is 23.0 Å². The van der Waals surface area contributed by atoms with Crippen molar-refractivity contribution < 1.29 is 9.21 Å². The zero-order chi connectivity index (χ0) is 12.3. The van der Waals surface area contributed by atoms with Crippen molar-refractivity contribution in [2.24, 2.45) is 0 Å². The highest BCUT2D eigenvalue weighted by atomic mass is 16.3. The Kier molecular flexibility index (Phi) is 3.14. The minimum absolute atomic E-state index is 0.0378. The van der Waals surface area contributed by atoms with E-state index in [9.17, 15) is 4.79 Å². The zero-order valence-electron chi connectivity index (χ0n) is 9.57. The van der Waals surface area contributed by atoms with E-state index < -0.39 is 0 Å². The predicted molar refractivity (Wildman–Crippen MR) is 66.9 cm³/mol. The molecule has 0 bridgehead atoms. The molecule has 1 aromatic carbocycles. The molecule has 2 rings (SSSR count). The second-order valence-electron chi connectivity index (χ2n) is 3.79. The van der Waals surface area contributed by atoms with Crippen molar-refractivity contribution in [2.75, 3.05) is 11.1 Å². The fourth-order valence-electron chi connectivity index (χ4n) is 1.57. The lowest BCUT2D eigenvalue weighted by atomic mass is 10.1. The smallest absolute Gasteiger partial charge is 0.161 e. The van der Waals surface area contributed by atoms with Crippen LogP contribution < -0.4 is 11.1 Å². The number of carbonyl (C=O) groups is 1. The highest BCUT2D eigenvalue weighted by molar-refractivity contribution is 5.99. The van der Waals surface area contributed by atoms with Gasteiger partial charge in [-0.15, -0.1) is 0 Å². The van der Waals surface area contributed by atoms with Crippen molar-refractivity contribution in [3.05, 3.63) is 47.9 Å². The molecule has 0 atom stereocenters. The molecule has 1 aromatic heterocycles. The van der Waals surface area contributed by atoms with Crippen LogP contribution in [-0.4, -0.2) is 5.78 Å². The Hall–Kier alpha value is -2.23. The average molecular weight is 230 g/mol. The van der Waals surface area contributed by atoms with Crippen LogP contribution in [0.25, 0.3) is 0 Å². The first-order valence-electron chi connectivity index (χ1n) is 5.33. The highest BCUT2D eigenvalue weighted by Crippen LogP contribution is 2.19. The number of Topliss-reactive ketones (excluding diaryl/α,β-unsaturated/α-hetero) is 1. The molecule has 0 aliphatic heterocycles. The Morgan fingerprint density at radius 1 is 1.41 bits per heavy atom. The molecule has 2 aromatic rings. The number of rotatable bonds is 4. The highest BCUT2D eigenvalue weighted by Gasteiger charge is 2.05. The third kappa shape index (κ3) is 2.66. The monoisotopic (exact) mass is 230 g/mol. The first kappa shape index (κ1) is 11.3. The minimum atomic E-state index is -0.0378. The van der Waals surface area contributed by atoms with Crippen LogP contribution in [0.5, 0.6) is 0 Å². The van der Waals surface area contributed by atoms with Crippen LogP contribution in [0.3, 0.4) is 0 Å². The minimum Gasteiger partial charge on any atom is -0.467 e. The summed E-state index contributed by atoms with van der Waals surface area (Å²) in [5.74, 6) is 0.801. The second kappa shape index (κ2) is 4.74. The average Bonchev–Trinajstić information content (AvgIpc) is 2.80. The Balaban J connectivity index is 2.11. The molecule has 1 heterocycles. The van der Waals surface area contributed by atoms with Gasteiger partial charge in [-0.2, -0.15) is 0 Å². The SMILES string of the molecule is CC(=O)c1cc(NCc2ccco2)ccc1N. The number of anilines is 2. The normalized spacial score (nSPS) is 10.2. The first-order chi connectivity index (χ1) is 8.16. The van der Waals surface area contributed by atoms with Gasteiger partial charge in [0.05, 0.1) is 12.8 Å². The molecule has 0 aliphatic carbocycles. The summed E-state index contributed by atoms with van der Waals surface area (Å²) in [5.41, 5.74) is 7.60. The number of benzene rings is 1. The van der Waals surface area contributed by atoms with Crippen LogP contribution >= 0.6 is 0 Å². The molecule has 17 heavy (non-hydrogen) atoms. The van der Waals surface area contributed by atoms with Gasteiger partial charge in [-0.25, -0.2) is 0 Å². The fourth-order valence-corrected chi connectivity index (χ4v) is 1.57. The number of nitrogens with two attached hydrogens (primary N) is 1. The van der Waals surface area contributed by atoms with E-state index in [0.29, 0.717) is 17.8 Å². The number of furan rings is 1. The first-order valence-corrected chi connectivity index (χ1v) is 5.33. The van der Waals surface area contributed by atoms with E-state index in [2.05, 4.69) is 5.32 Å². The summed E-state index contributed by atoms with van der Waals surface area (Å²) in [6.45, 7) is 2.08. The predicted octanol–water partition coefficient (Wildman–Crippen LogP) is 2.68. The fraction of sp³-hybridized carbons (Fsp3) is 0.154. The van der Waals surface area contributed by atoms with Crippen LogP contribution in [0.2, 0.25) is 0 Å². The summed E-state index contributed by atoms with van der Waals surface area (Å²) in [4.78, 5) is 11.3. The van der Waals surface area contributed by atoms with Crippen LogP contribution in [0.15, 0.2) is 41.0 Å². The second-order valence-corrected chi connectivity index (χ2v) is 3.79. The molecule has 0 saturated heterocycles. The van der Waals surface area contributed by atoms with E-state index in [-0.39, 0.29) is 5.78 Å². The molecular weight excluding hydrogens is 216 g/mol. The Morgan fingerprint density at radius 2 is 2.24 bits per heavy atom. The number of hydrogen-bond acceptors (Lipinski definition) is 4. The zero-order valence-corrected chi connectivity index (χ0v) is 9.57. The molecule has 0 aliphatic rings. The number of hydrogen-bond donors (Lipinski definition) is 2. The number of ketones is 1. The molecule has 0 spiro atoms. The lowest BCUT2D eigenvalue weighted by molar-refractivity contribution is 0.101. The van der Waals surface area contributed by atoms with Crippen molar-refractivity contribution in [1.82, 2.24) is 0 Å². The Labute approximate surface area is 99.4 Å². The van der Waals surface area contributed by atoms with E-state index in [0.717, 1.165) is 11.4 Å². The maximum absolute atomic E-state index is 11.3. The van der Waals surface area contributed by atoms with Crippen molar-refractivity contribution in [3.8, 4) is 0 Å². The number of nitrogens with one attached hydrogen (secondary N) is 1. The van der Waals surface area contributed by atoms with E-state index >= 15 is 0 Å². The van der Waals surface area contributed by atoms with E-state index in [1.54, 1.807) is 18.4 Å². The molecule has 88 valence electrons. The lowest BCUT2D eigenvalue weighted by Crippen LogP contribution is -2.03. The number of nitrogen functional groups attached to an aromatic ring is 1. The van der Waals surface area contributed by atoms with Gasteiger partial charge in [0.2, 0.25) is 0 Å². The molecule has 4 nitrogen and oxygen atoms in total. The van der Waals surface area contributed by atoms with Gasteiger partial charge in [0.1, 0.15) is 5.76 Å². The molecular formula is C13H14N2O2. The van der Waals surface area contributed by atoms with Crippen molar-refractivity contribution in [2.45, 2.75) is 13.5 Å². The summed E-state index contributed by atoms with van der Waals surface area (Å²) < 4.78 is 5.20. The third-order valence-corrected chi connectivity index (χ3v) is 2.48. The van der Waals surface area contributed by atoms with Crippen LogP contribution in [0, 0.1) is 0 Å². The molecule has 3 N–H and O–H groups in total. The van der Waals surface area contributed by atoms with Crippen molar-refractivity contribution in [3.63, 3.8) is 0 Å². The summed E-state index contributed by atoms with van der Waals surface area (Å²) in [7, 11) is 0. The summed E-state index contributed by atoms with van der Waals surface area (Å²) in [6.07, 6.45) is 1.63. The Bertz CT molecular complexity index is 518. The quantitative estimate of drug-likeness (QED) is 0.626. The van der Waals surface area contributed by atoms with Gasteiger partial charge in [-0.3, -0.25) is 4.79 Å². The van der Waals surface area contributed by atoms with Gasteiger partial charge in [0, 0.05) is 16.9 Å².